The third-order valence-corrected chi connectivity index (χ3v) is 3.00. The van der Waals surface area contributed by atoms with Crippen LogP contribution in [0.25, 0.3) is 0 Å². The topological polar surface area (TPSA) is 51.5 Å². The molecule has 0 atom stereocenters. The number of furan rings is 1. The number of alkyl halides is 3. The van der Waals surface area contributed by atoms with Crippen molar-refractivity contribution in [3.05, 3.63) is 46.3 Å². The lowest BCUT2D eigenvalue weighted by atomic mass is 10.1. The highest BCUT2D eigenvalue weighted by Crippen LogP contribution is 2.37. The van der Waals surface area contributed by atoms with Crippen molar-refractivity contribution in [1.29, 1.82) is 0 Å². The molecule has 2 rings (SSSR count). The van der Waals surface area contributed by atoms with Gasteiger partial charge in [-0.3, -0.25) is 4.79 Å². The molecule has 112 valence electrons. The molecule has 0 aliphatic carbocycles. The van der Waals surface area contributed by atoms with E-state index in [1.54, 1.807) is 0 Å². The minimum atomic E-state index is -4.62. The summed E-state index contributed by atoms with van der Waals surface area (Å²) >= 11 is 3.01. The molecule has 4 nitrogen and oxygen atoms in total. The van der Waals surface area contributed by atoms with Crippen LogP contribution in [0.1, 0.15) is 16.1 Å². The fourth-order valence-corrected chi connectivity index (χ4v) is 1.92. The Morgan fingerprint density at radius 2 is 2.00 bits per heavy atom. The van der Waals surface area contributed by atoms with Gasteiger partial charge in [0.15, 0.2) is 10.4 Å². The van der Waals surface area contributed by atoms with Gasteiger partial charge in [0.2, 0.25) is 0 Å². The van der Waals surface area contributed by atoms with Crippen LogP contribution in [0.2, 0.25) is 0 Å². The standard InChI is InChI=1S/C13H9BrF3NO3/c1-20-7-2-3-9(8(6-7)13(15,16)17)18-12(19)10-4-5-11(14)21-10/h2-6H,1H3,(H,18,19). The van der Waals surface area contributed by atoms with Crippen LogP contribution < -0.4 is 10.1 Å². The molecule has 0 spiro atoms. The molecular weight excluding hydrogens is 355 g/mol. The first kappa shape index (κ1) is 15.4. The molecule has 1 heterocycles. The number of carbonyl (C=O) groups excluding carboxylic acids is 1. The van der Waals surface area contributed by atoms with Crippen LogP contribution >= 0.6 is 15.9 Å². The molecule has 1 aromatic heterocycles. The van der Waals surface area contributed by atoms with Gasteiger partial charge >= 0.3 is 6.18 Å². The van der Waals surface area contributed by atoms with Gasteiger partial charge < -0.3 is 14.5 Å². The van der Waals surface area contributed by atoms with Crippen molar-refractivity contribution in [2.24, 2.45) is 0 Å². The molecule has 0 aliphatic rings. The van der Waals surface area contributed by atoms with E-state index in [1.807, 2.05) is 0 Å². The maximum atomic E-state index is 13.0. The lowest BCUT2D eigenvalue weighted by Gasteiger charge is -2.14. The Labute approximate surface area is 126 Å². The quantitative estimate of drug-likeness (QED) is 0.883. The first-order chi connectivity index (χ1) is 9.81. The lowest BCUT2D eigenvalue weighted by molar-refractivity contribution is -0.137. The highest BCUT2D eigenvalue weighted by Gasteiger charge is 2.34. The number of amides is 1. The number of benzene rings is 1. The average Bonchev–Trinajstić information content (AvgIpc) is 2.84. The summed E-state index contributed by atoms with van der Waals surface area (Å²) in [4.78, 5) is 11.8. The number of methoxy groups -OCH3 is 1. The predicted molar refractivity (Wildman–Crippen MR) is 72.4 cm³/mol. The zero-order valence-electron chi connectivity index (χ0n) is 10.6. The van der Waals surface area contributed by atoms with Crippen molar-refractivity contribution >= 4 is 27.5 Å². The van der Waals surface area contributed by atoms with Crippen LogP contribution in [0.3, 0.4) is 0 Å². The summed E-state index contributed by atoms with van der Waals surface area (Å²) in [5, 5.41) is 2.17. The number of carbonyl (C=O) groups is 1. The number of rotatable bonds is 3. The molecule has 8 heteroatoms. The van der Waals surface area contributed by atoms with Crippen LogP contribution in [0.4, 0.5) is 18.9 Å². The molecule has 0 aliphatic heterocycles. The van der Waals surface area contributed by atoms with Crippen molar-refractivity contribution in [3.63, 3.8) is 0 Å². The molecule has 2 aromatic rings. The lowest BCUT2D eigenvalue weighted by Crippen LogP contribution is -2.16. The van der Waals surface area contributed by atoms with Gasteiger partial charge in [0.05, 0.1) is 18.4 Å². The third kappa shape index (κ3) is 3.57. The van der Waals surface area contributed by atoms with E-state index < -0.39 is 17.6 Å². The fraction of sp³-hybridized carbons (Fsp3) is 0.154. The second kappa shape index (κ2) is 5.80. The fourth-order valence-electron chi connectivity index (χ4n) is 1.61. The first-order valence-electron chi connectivity index (χ1n) is 5.63. The van der Waals surface area contributed by atoms with Crippen LogP contribution in [0.5, 0.6) is 5.75 Å². The summed E-state index contributed by atoms with van der Waals surface area (Å²) in [6, 6.07) is 6.07. The molecule has 0 saturated carbocycles. The SMILES string of the molecule is COc1ccc(NC(=O)c2ccc(Br)o2)c(C(F)(F)F)c1. The van der Waals surface area contributed by atoms with Crippen LogP contribution in [-0.2, 0) is 6.18 Å². The van der Waals surface area contributed by atoms with Gasteiger partial charge in [0.1, 0.15) is 5.75 Å². The summed E-state index contributed by atoms with van der Waals surface area (Å²) in [6.07, 6.45) is -4.62. The van der Waals surface area contributed by atoms with Gasteiger partial charge in [-0.2, -0.15) is 13.2 Å². The van der Waals surface area contributed by atoms with E-state index in [0.717, 1.165) is 12.1 Å². The van der Waals surface area contributed by atoms with Crippen LogP contribution in [0.15, 0.2) is 39.4 Å². The molecule has 0 bridgehead atoms. The monoisotopic (exact) mass is 363 g/mol. The molecule has 0 unspecified atom stereocenters. The smallest absolute Gasteiger partial charge is 0.418 e. The molecule has 1 amide bonds. The zero-order valence-corrected chi connectivity index (χ0v) is 12.2. The number of nitrogens with one attached hydrogen (secondary N) is 1. The van der Waals surface area contributed by atoms with Gasteiger partial charge in [-0.05, 0) is 46.3 Å². The molecule has 0 fully saturated rings. The van der Waals surface area contributed by atoms with E-state index in [-0.39, 0.29) is 17.2 Å². The van der Waals surface area contributed by atoms with Crippen LogP contribution in [-0.4, -0.2) is 13.0 Å². The number of hydrogen-bond donors (Lipinski definition) is 1. The van der Waals surface area contributed by atoms with E-state index in [1.165, 1.54) is 25.3 Å². The Morgan fingerprint density at radius 1 is 1.29 bits per heavy atom. The summed E-state index contributed by atoms with van der Waals surface area (Å²) in [5.74, 6) is -0.844. The first-order valence-corrected chi connectivity index (χ1v) is 6.42. The van der Waals surface area contributed by atoms with Crippen LogP contribution in [0, 0.1) is 0 Å². The second-order valence-electron chi connectivity index (χ2n) is 3.97. The molecular formula is C13H9BrF3NO3. The maximum Gasteiger partial charge on any atom is 0.418 e. The van der Waals surface area contributed by atoms with Crippen molar-refractivity contribution in [2.75, 3.05) is 12.4 Å². The predicted octanol–water partition coefficient (Wildman–Crippen LogP) is 4.32. The number of anilines is 1. The molecule has 21 heavy (non-hydrogen) atoms. The van der Waals surface area contributed by atoms with Crippen molar-refractivity contribution < 1.29 is 27.1 Å². The zero-order chi connectivity index (χ0) is 15.6. The molecule has 1 aromatic carbocycles. The molecule has 1 N–H and O–H groups in total. The van der Waals surface area contributed by atoms with Crippen molar-refractivity contribution in [2.45, 2.75) is 6.18 Å². The number of ether oxygens (including phenoxy) is 1. The van der Waals surface area contributed by atoms with Gasteiger partial charge in [-0.25, -0.2) is 0 Å². The number of hydrogen-bond acceptors (Lipinski definition) is 3. The summed E-state index contributed by atoms with van der Waals surface area (Å²) < 4.78 is 49.0. The summed E-state index contributed by atoms with van der Waals surface area (Å²) in [7, 11) is 1.26. The third-order valence-electron chi connectivity index (χ3n) is 2.58. The number of halogens is 4. The minimum Gasteiger partial charge on any atom is -0.497 e. The Kier molecular flexibility index (Phi) is 4.26. The Balaban J connectivity index is 2.33. The maximum absolute atomic E-state index is 13.0. The Bertz CT molecular complexity index is 667. The Hall–Kier alpha value is -1.96. The highest BCUT2D eigenvalue weighted by molar-refractivity contribution is 9.10. The Morgan fingerprint density at radius 3 is 2.52 bits per heavy atom. The van der Waals surface area contributed by atoms with Gasteiger partial charge in [-0.1, -0.05) is 0 Å². The van der Waals surface area contributed by atoms with Gasteiger partial charge in [-0.15, -0.1) is 0 Å². The van der Waals surface area contributed by atoms with Gasteiger partial charge in [0, 0.05) is 0 Å². The normalized spacial score (nSPS) is 11.3. The summed E-state index contributed by atoms with van der Waals surface area (Å²) in [5.41, 5.74) is -1.37. The van der Waals surface area contributed by atoms with Crippen molar-refractivity contribution in [3.8, 4) is 5.75 Å². The highest BCUT2D eigenvalue weighted by atomic mass is 79.9. The van der Waals surface area contributed by atoms with E-state index in [2.05, 4.69) is 21.2 Å². The molecule has 0 radical (unpaired) electrons. The van der Waals surface area contributed by atoms with E-state index in [9.17, 15) is 18.0 Å². The van der Waals surface area contributed by atoms with E-state index in [4.69, 9.17) is 9.15 Å². The van der Waals surface area contributed by atoms with Gasteiger partial charge in [0.25, 0.3) is 5.91 Å². The largest absolute Gasteiger partial charge is 0.497 e. The van der Waals surface area contributed by atoms with Crippen molar-refractivity contribution in [1.82, 2.24) is 0 Å². The van der Waals surface area contributed by atoms with E-state index >= 15 is 0 Å². The van der Waals surface area contributed by atoms with E-state index in [0.29, 0.717) is 4.67 Å². The molecule has 0 saturated heterocycles. The average molecular weight is 364 g/mol. The second-order valence-corrected chi connectivity index (χ2v) is 4.75. The minimum absolute atomic E-state index is 0.0427. The summed E-state index contributed by atoms with van der Waals surface area (Å²) in [6.45, 7) is 0.